The van der Waals surface area contributed by atoms with E-state index in [9.17, 15) is 26.7 Å². The maximum Gasteiger partial charge on any atom is 0.433 e. The van der Waals surface area contributed by atoms with Crippen LogP contribution < -0.4 is 0 Å². The number of hydrogen-bond acceptors (Lipinski definition) is 4. The topological polar surface area (TPSA) is 53.7 Å². The van der Waals surface area contributed by atoms with Gasteiger partial charge in [0.2, 0.25) is 0 Å². The minimum absolute atomic E-state index is 0.0215. The molecule has 4 aromatic rings. The Balaban J connectivity index is 1.36. The molecule has 0 aliphatic carbocycles. The number of carbonyl (C=O) groups is 1. The van der Waals surface area contributed by atoms with Gasteiger partial charge in [-0.3, -0.25) is 9.69 Å². The first kappa shape index (κ1) is 25.1. The Hall–Kier alpha value is -3.57. The number of nitrogens with zero attached hydrogens (tertiary/aromatic N) is 5. The van der Waals surface area contributed by atoms with Crippen molar-refractivity contribution in [3.8, 4) is 11.3 Å². The fourth-order valence-electron chi connectivity index (χ4n) is 4.21. The van der Waals surface area contributed by atoms with Crippen molar-refractivity contribution < 1.29 is 26.7 Å². The number of benzene rings is 2. The van der Waals surface area contributed by atoms with Crippen molar-refractivity contribution in [1.82, 2.24) is 24.4 Å². The van der Waals surface area contributed by atoms with Crippen LogP contribution in [0.3, 0.4) is 0 Å². The quantitative estimate of drug-likeness (QED) is 0.333. The summed E-state index contributed by atoms with van der Waals surface area (Å²) in [7, 11) is 0. The molecule has 0 unspecified atom stereocenters. The number of halogens is 6. The van der Waals surface area contributed by atoms with Crippen molar-refractivity contribution in [2.75, 3.05) is 26.2 Å². The predicted octanol–water partition coefficient (Wildman–Crippen LogP) is 5.30. The molecule has 1 fully saturated rings. The standard InChI is InChI=1S/C25H19ClF5N5O/c26-19-11-18(28)6-3-16(19)14-34-7-9-35(10-8-34)24(37)21-13-23-32-20(15-1-4-17(27)5-2-15)12-22(25(29,30)31)36(23)33-21/h1-6,11-13H,7-10,14H2. The van der Waals surface area contributed by atoms with Crippen LogP contribution in [-0.4, -0.2) is 56.5 Å². The minimum atomic E-state index is -4.77. The van der Waals surface area contributed by atoms with Gasteiger partial charge in [0.1, 0.15) is 11.6 Å². The first-order valence-electron chi connectivity index (χ1n) is 11.3. The maximum absolute atomic E-state index is 13.8. The van der Waals surface area contributed by atoms with E-state index in [1.54, 1.807) is 6.07 Å². The molecule has 6 nitrogen and oxygen atoms in total. The molecule has 12 heteroatoms. The molecular formula is C25H19ClF5N5O. The molecule has 1 saturated heterocycles. The van der Waals surface area contributed by atoms with Gasteiger partial charge in [0.15, 0.2) is 17.0 Å². The van der Waals surface area contributed by atoms with Gasteiger partial charge in [0, 0.05) is 49.4 Å². The molecule has 0 N–H and O–H groups in total. The number of amides is 1. The highest BCUT2D eigenvalue weighted by Crippen LogP contribution is 2.32. The van der Waals surface area contributed by atoms with E-state index in [1.807, 2.05) is 4.90 Å². The zero-order valence-corrected chi connectivity index (χ0v) is 19.9. The summed E-state index contributed by atoms with van der Waals surface area (Å²) in [6.07, 6.45) is -4.77. The van der Waals surface area contributed by atoms with Crippen LogP contribution in [0.2, 0.25) is 5.02 Å². The number of fused-ring (bicyclic) bond motifs is 1. The molecule has 2 aromatic heterocycles. The Labute approximate surface area is 212 Å². The molecule has 5 rings (SSSR count). The van der Waals surface area contributed by atoms with Gasteiger partial charge >= 0.3 is 6.18 Å². The zero-order valence-electron chi connectivity index (χ0n) is 19.1. The third-order valence-corrected chi connectivity index (χ3v) is 6.50. The van der Waals surface area contributed by atoms with Crippen LogP contribution in [0.1, 0.15) is 21.7 Å². The van der Waals surface area contributed by atoms with E-state index < -0.39 is 29.4 Å². The summed E-state index contributed by atoms with van der Waals surface area (Å²) in [4.78, 5) is 20.9. The van der Waals surface area contributed by atoms with E-state index >= 15 is 0 Å². The molecular weight excluding hydrogens is 517 g/mol. The molecule has 192 valence electrons. The lowest BCUT2D eigenvalue weighted by molar-refractivity contribution is -0.142. The lowest BCUT2D eigenvalue weighted by Gasteiger charge is -2.34. The van der Waals surface area contributed by atoms with Crippen molar-refractivity contribution >= 4 is 23.2 Å². The van der Waals surface area contributed by atoms with Crippen LogP contribution in [0.15, 0.2) is 54.6 Å². The Morgan fingerprint density at radius 1 is 0.919 bits per heavy atom. The molecule has 1 amide bonds. The average molecular weight is 536 g/mol. The number of rotatable bonds is 4. The second kappa shape index (κ2) is 9.71. The van der Waals surface area contributed by atoms with E-state index in [0.717, 1.165) is 23.8 Å². The van der Waals surface area contributed by atoms with Crippen molar-refractivity contribution in [3.63, 3.8) is 0 Å². The maximum atomic E-state index is 13.8. The second-order valence-corrected chi connectivity index (χ2v) is 9.04. The molecule has 0 atom stereocenters. The molecule has 2 aromatic carbocycles. The zero-order chi connectivity index (χ0) is 26.3. The second-order valence-electron chi connectivity index (χ2n) is 8.63. The highest BCUT2D eigenvalue weighted by Gasteiger charge is 2.36. The van der Waals surface area contributed by atoms with Crippen molar-refractivity contribution in [2.45, 2.75) is 12.7 Å². The van der Waals surface area contributed by atoms with E-state index in [1.165, 1.54) is 35.2 Å². The van der Waals surface area contributed by atoms with E-state index in [0.29, 0.717) is 47.8 Å². The first-order chi connectivity index (χ1) is 17.6. The monoisotopic (exact) mass is 535 g/mol. The molecule has 1 aliphatic heterocycles. The third-order valence-electron chi connectivity index (χ3n) is 6.15. The predicted molar refractivity (Wildman–Crippen MR) is 126 cm³/mol. The van der Waals surface area contributed by atoms with E-state index in [4.69, 9.17) is 11.6 Å². The average Bonchev–Trinajstić information content (AvgIpc) is 3.29. The fourth-order valence-corrected chi connectivity index (χ4v) is 4.44. The van der Waals surface area contributed by atoms with Crippen LogP contribution in [0.4, 0.5) is 22.0 Å². The van der Waals surface area contributed by atoms with Crippen molar-refractivity contribution in [1.29, 1.82) is 0 Å². The molecule has 0 saturated carbocycles. The van der Waals surface area contributed by atoms with Gasteiger partial charge in [-0.15, -0.1) is 0 Å². The molecule has 3 heterocycles. The number of piperazine rings is 1. The van der Waals surface area contributed by atoms with Crippen molar-refractivity contribution in [2.24, 2.45) is 0 Å². The van der Waals surface area contributed by atoms with Gasteiger partial charge in [-0.2, -0.15) is 18.3 Å². The number of carbonyl (C=O) groups excluding carboxylic acids is 1. The number of aromatic nitrogens is 3. The van der Waals surface area contributed by atoms with Crippen LogP contribution in [0.5, 0.6) is 0 Å². The normalized spacial score (nSPS) is 14.9. The van der Waals surface area contributed by atoms with E-state index in [-0.39, 0.29) is 17.0 Å². The van der Waals surface area contributed by atoms with Gasteiger partial charge < -0.3 is 4.90 Å². The number of alkyl halides is 3. The van der Waals surface area contributed by atoms with Crippen LogP contribution in [-0.2, 0) is 12.7 Å². The molecule has 1 aliphatic rings. The first-order valence-corrected chi connectivity index (χ1v) is 11.7. The highest BCUT2D eigenvalue weighted by molar-refractivity contribution is 6.31. The Bertz CT molecular complexity index is 1460. The number of hydrogen-bond donors (Lipinski definition) is 0. The van der Waals surface area contributed by atoms with Gasteiger partial charge in [-0.05, 0) is 48.0 Å². The SMILES string of the molecule is O=C(c1cc2nc(-c3ccc(F)cc3)cc(C(F)(F)F)n2n1)N1CCN(Cc2ccc(F)cc2Cl)CC1. The summed E-state index contributed by atoms with van der Waals surface area (Å²) >= 11 is 6.10. The van der Waals surface area contributed by atoms with Crippen molar-refractivity contribution in [3.05, 3.63) is 88.2 Å². The summed E-state index contributed by atoms with van der Waals surface area (Å²) in [5, 5.41) is 4.24. The third kappa shape index (κ3) is 5.28. The summed E-state index contributed by atoms with van der Waals surface area (Å²) in [5.41, 5.74) is -0.387. The molecule has 0 radical (unpaired) electrons. The molecule has 0 bridgehead atoms. The minimum Gasteiger partial charge on any atom is -0.335 e. The van der Waals surface area contributed by atoms with Crippen LogP contribution in [0, 0.1) is 11.6 Å². The molecule has 37 heavy (non-hydrogen) atoms. The van der Waals surface area contributed by atoms with Crippen LogP contribution >= 0.6 is 11.6 Å². The van der Waals surface area contributed by atoms with Gasteiger partial charge in [-0.25, -0.2) is 18.3 Å². The summed E-state index contributed by atoms with van der Waals surface area (Å²) in [5.74, 6) is -1.47. The Morgan fingerprint density at radius 3 is 2.24 bits per heavy atom. The fraction of sp³-hybridized carbons (Fsp3) is 0.240. The lowest BCUT2D eigenvalue weighted by atomic mass is 10.1. The lowest BCUT2D eigenvalue weighted by Crippen LogP contribution is -2.48. The smallest absolute Gasteiger partial charge is 0.335 e. The van der Waals surface area contributed by atoms with Crippen LogP contribution in [0.25, 0.3) is 16.9 Å². The summed E-state index contributed by atoms with van der Waals surface area (Å²) < 4.78 is 68.7. The van der Waals surface area contributed by atoms with Gasteiger partial charge in [0.25, 0.3) is 5.91 Å². The Kier molecular flexibility index (Phi) is 6.59. The largest absolute Gasteiger partial charge is 0.433 e. The Morgan fingerprint density at radius 2 is 1.59 bits per heavy atom. The summed E-state index contributed by atoms with van der Waals surface area (Å²) in [6.45, 7) is 2.11. The van der Waals surface area contributed by atoms with E-state index in [2.05, 4.69) is 10.1 Å². The highest BCUT2D eigenvalue weighted by atomic mass is 35.5. The van der Waals surface area contributed by atoms with Gasteiger partial charge in [0.05, 0.1) is 5.69 Å². The molecule has 0 spiro atoms. The summed E-state index contributed by atoms with van der Waals surface area (Å²) in [6, 6.07) is 11.1. The van der Waals surface area contributed by atoms with Gasteiger partial charge in [-0.1, -0.05) is 17.7 Å².